The fourth-order valence-corrected chi connectivity index (χ4v) is 3.44. The molecule has 0 radical (unpaired) electrons. The lowest BCUT2D eigenvalue weighted by Gasteiger charge is -2.12. The average molecular weight is 234 g/mol. The van der Waals surface area contributed by atoms with Crippen molar-refractivity contribution >= 4 is 34.7 Å². The summed E-state index contributed by atoms with van der Waals surface area (Å²) in [5.74, 6) is 2.45. The van der Waals surface area contributed by atoms with Crippen molar-refractivity contribution in [1.29, 1.82) is 0 Å². The van der Waals surface area contributed by atoms with Crippen molar-refractivity contribution in [2.45, 2.75) is 12.5 Å². The molecule has 0 amide bonds. The largest absolute Gasteiger partial charge is 0.309 e. The van der Waals surface area contributed by atoms with Gasteiger partial charge in [-0.15, -0.1) is 11.3 Å². The molecule has 2 rings (SSSR count). The summed E-state index contributed by atoms with van der Waals surface area (Å²) in [6.45, 7) is 1.13. The van der Waals surface area contributed by atoms with E-state index in [1.54, 1.807) is 11.3 Å². The van der Waals surface area contributed by atoms with Crippen molar-refractivity contribution < 1.29 is 0 Å². The van der Waals surface area contributed by atoms with Gasteiger partial charge >= 0.3 is 0 Å². The molecule has 1 aliphatic rings. The number of halogens is 1. The first kappa shape index (κ1) is 9.84. The molecule has 0 aromatic carbocycles. The Hall–Kier alpha value is 0.300. The highest BCUT2D eigenvalue weighted by Crippen LogP contribution is 2.28. The molecule has 1 unspecified atom stereocenters. The Balaban J connectivity index is 2.06. The lowest BCUT2D eigenvalue weighted by Crippen LogP contribution is -2.21. The van der Waals surface area contributed by atoms with E-state index in [0.29, 0.717) is 6.04 Å². The van der Waals surface area contributed by atoms with Crippen LogP contribution in [0.3, 0.4) is 0 Å². The number of nitrogens with one attached hydrogen (secondary N) is 1. The molecule has 1 aromatic rings. The predicted molar refractivity (Wildman–Crippen MR) is 62.0 cm³/mol. The molecule has 13 heavy (non-hydrogen) atoms. The highest BCUT2D eigenvalue weighted by atomic mass is 35.5. The molecule has 4 heteroatoms. The normalized spacial score (nSPS) is 24.2. The summed E-state index contributed by atoms with van der Waals surface area (Å²) >= 11 is 9.55. The Labute approximate surface area is 91.9 Å². The Bertz CT molecular complexity index is 266. The number of thiophene rings is 1. The third-order valence-electron chi connectivity index (χ3n) is 2.13. The smallest absolute Gasteiger partial charge is 0.0931 e. The highest BCUT2D eigenvalue weighted by molar-refractivity contribution is 7.99. The van der Waals surface area contributed by atoms with Crippen LogP contribution in [0.1, 0.15) is 18.0 Å². The summed E-state index contributed by atoms with van der Waals surface area (Å²) in [7, 11) is 0. The molecule has 1 nitrogen and oxygen atoms in total. The van der Waals surface area contributed by atoms with Crippen LogP contribution >= 0.6 is 34.7 Å². The van der Waals surface area contributed by atoms with Crippen LogP contribution in [0.2, 0.25) is 4.34 Å². The molecular weight excluding hydrogens is 222 g/mol. The minimum Gasteiger partial charge on any atom is -0.309 e. The van der Waals surface area contributed by atoms with E-state index in [0.717, 1.165) is 10.9 Å². The lowest BCUT2D eigenvalue weighted by atomic mass is 10.2. The predicted octanol–water partition coefficient (Wildman–Crippen LogP) is 3.17. The summed E-state index contributed by atoms with van der Waals surface area (Å²) in [5.41, 5.74) is 1.35. The van der Waals surface area contributed by atoms with Gasteiger partial charge in [-0.25, -0.2) is 0 Å². The van der Waals surface area contributed by atoms with Gasteiger partial charge in [-0.05, 0) is 35.7 Å². The minimum atomic E-state index is 0.510. The van der Waals surface area contributed by atoms with Crippen molar-refractivity contribution in [2.75, 3.05) is 18.1 Å². The lowest BCUT2D eigenvalue weighted by molar-refractivity contribution is 0.591. The first-order valence-electron chi connectivity index (χ1n) is 4.41. The van der Waals surface area contributed by atoms with Gasteiger partial charge in [0.2, 0.25) is 0 Å². The van der Waals surface area contributed by atoms with E-state index in [-0.39, 0.29) is 0 Å². The van der Waals surface area contributed by atoms with Gasteiger partial charge in [-0.3, -0.25) is 0 Å². The molecule has 1 N–H and O–H groups in total. The monoisotopic (exact) mass is 233 g/mol. The number of thioether (sulfide) groups is 1. The first-order valence-corrected chi connectivity index (χ1v) is 6.82. The molecule has 1 aliphatic heterocycles. The van der Waals surface area contributed by atoms with E-state index in [1.165, 1.54) is 23.5 Å². The Kier molecular flexibility index (Phi) is 3.55. The second kappa shape index (κ2) is 4.69. The molecule has 2 heterocycles. The van der Waals surface area contributed by atoms with Gasteiger partial charge in [0.05, 0.1) is 4.34 Å². The van der Waals surface area contributed by atoms with Crippen LogP contribution in [-0.4, -0.2) is 18.1 Å². The van der Waals surface area contributed by atoms with Crippen LogP contribution in [0, 0.1) is 0 Å². The van der Waals surface area contributed by atoms with Gasteiger partial charge in [0.15, 0.2) is 0 Å². The van der Waals surface area contributed by atoms with Crippen molar-refractivity contribution in [3.05, 3.63) is 21.3 Å². The van der Waals surface area contributed by atoms with Crippen LogP contribution in [0.15, 0.2) is 11.4 Å². The molecule has 1 fully saturated rings. The number of rotatable bonds is 1. The third kappa shape index (κ3) is 2.62. The zero-order chi connectivity index (χ0) is 9.10. The van der Waals surface area contributed by atoms with E-state index in [1.807, 2.05) is 11.8 Å². The molecule has 1 saturated heterocycles. The maximum atomic E-state index is 5.90. The molecule has 0 saturated carbocycles. The molecule has 1 atom stereocenters. The topological polar surface area (TPSA) is 12.0 Å². The van der Waals surface area contributed by atoms with Gasteiger partial charge in [0, 0.05) is 11.8 Å². The molecule has 0 bridgehead atoms. The van der Waals surface area contributed by atoms with Gasteiger partial charge in [0.25, 0.3) is 0 Å². The maximum Gasteiger partial charge on any atom is 0.0931 e. The third-order valence-corrected chi connectivity index (χ3v) is 4.39. The first-order chi connectivity index (χ1) is 6.36. The molecule has 72 valence electrons. The van der Waals surface area contributed by atoms with E-state index < -0.39 is 0 Å². The number of hydrogen-bond donors (Lipinski definition) is 1. The SMILES string of the molecule is Clc1cc(C2CSCCCN2)cs1. The van der Waals surface area contributed by atoms with Crippen LogP contribution < -0.4 is 5.32 Å². The molecule has 0 spiro atoms. The minimum absolute atomic E-state index is 0.510. The Morgan fingerprint density at radius 1 is 1.54 bits per heavy atom. The van der Waals surface area contributed by atoms with Crippen LogP contribution in [0.25, 0.3) is 0 Å². The van der Waals surface area contributed by atoms with E-state index >= 15 is 0 Å². The van der Waals surface area contributed by atoms with Crippen LogP contribution in [0.4, 0.5) is 0 Å². The molecule has 0 aliphatic carbocycles. The zero-order valence-corrected chi connectivity index (χ0v) is 9.64. The van der Waals surface area contributed by atoms with Gasteiger partial charge in [-0.2, -0.15) is 11.8 Å². The van der Waals surface area contributed by atoms with Crippen molar-refractivity contribution in [2.24, 2.45) is 0 Å². The van der Waals surface area contributed by atoms with Gasteiger partial charge in [-0.1, -0.05) is 11.6 Å². The standard InChI is InChI=1S/C9H12ClNS2/c10-9-4-7(5-13-9)8-6-12-3-1-2-11-8/h4-5,8,11H,1-3,6H2. The highest BCUT2D eigenvalue weighted by Gasteiger charge is 2.14. The fourth-order valence-electron chi connectivity index (χ4n) is 1.43. The maximum absolute atomic E-state index is 5.90. The fraction of sp³-hybridized carbons (Fsp3) is 0.556. The zero-order valence-electron chi connectivity index (χ0n) is 7.25. The van der Waals surface area contributed by atoms with Crippen molar-refractivity contribution in [1.82, 2.24) is 5.32 Å². The van der Waals surface area contributed by atoms with E-state index in [4.69, 9.17) is 11.6 Å². The second-order valence-corrected chi connectivity index (χ2v) is 5.81. The van der Waals surface area contributed by atoms with Crippen molar-refractivity contribution in [3.63, 3.8) is 0 Å². The summed E-state index contributed by atoms with van der Waals surface area (Å²) in [4.78, 5) is 0. The van der Waals surface area contributed by atoms with E-state index in [2.05, 4.69) is 16.8 Å². The number of hydrogen-bond acceptors (Lipinski definition) is 3. The summed E-state index contributed by atoms with van der Waals surface area (Å²) in [6, 6.07) is 2.59. The Morgan fingerprint density at radius 3 is 3.23 bits per heavy atom. The van der Waals surface area contributed by atoms with Gasteiger partial charge in [0.1, 0.15) is 0 Å². The van der Waals surface area contributed by atoms with Crippen LogP contribution in [-0.2, 0) is 0 Å². The summed E-state index contributed by atoms with van der Waals surface area (Å²) in [6.07, 6.45) is 1.28. The summed E-state index contributed by atoms with van der Waals surface area (Å²) < 4.78 is 0.894. The Morgan fingerprint density at radius 2 is 2.46 bits per heavy atom. The molecular formula is C9H12ClNS2. The second-order valence-electron chi connectivity index (χ2n) is 3.12. The quantitative estimate of drug-likeness (QED) is 0.800. The molecule has 1 aromatic heterocycles. The van der Waals surface area contributed by atoms with Gasteiger partial charge < -0.3 is 5.32 Å². The average Bonchev–Trinajstić information content (AvgIpc) is 2.43. The van der Waals surface area contributed by atoms with E-state index in [9.17, 15) is 0 Å². The van der Waals surface area contributed by atoms with Crippen molar-refractivity contribution in [3.8, 4) is 0 Å². The van der Waals surface area contributed by atoms with Crippen LogP contribution in [0.5, 0.6) is 0 Å². The summed E-state index contributed by atoms with van der Waals surface area (Å²) in [5, 5.41) is 5.70.